The summed E-state index contributed by atoms with van der Waals surface area (Å²) in [5, 5.41) is 0. The fourth-order valence-electron chi connectivity index (χ4n) is 0.599. The molecule has 7 heteroatoms. The van der Waals surface area contributed by atoms with Crippen LogP contribution in [0.15, 0.2) is 0 Å². The van der Waals surface area contributed by atoms with Gasteiger partial charge in [0.2, 0.25) is 9.84 Å². The van der Waals surface area contributed by atoms with E-state index in [-0.39, 0.29) is 0 Å². The number of alkyl halides is 4. The topological polar surface area (TPSA) is 34.1 Å². The van der Waals surface area contributed by atoms with Crippen LogP contribution in [0.25, 0.3) is 0 Å². The molecule has 0 saturated carbocycles. The first-order valence-electron chi connectivity index (χ1n) is 3.62. The lowest BCUT2D eigenvalue weighted by molar-refractivity contribution is 0.583. The zero-order valence-corrected chi connectivity index (χ0v) is 14.3. The summed E-state index contributed by atoms with van der Waals surface area (Å²) >= 11 is 12.6. The Morgan fingerprint density at radius 1 is 0.923 bits per heavy atom. The van der Waals surface area contributed by atoms with Crippen LogP contribution in [0, 0.1) is 0 Å². The van der Waals surface area contributed by atoms with E-state index < -0.39 is 15.0 Å². The third-order valence-corrected chi connectivity index (χ3v) is 11.1. The molecule has 0 fully saturated rings. The molecule has 0 atom stereocenters. The fraction of sp³-hybridized carbons (Fsp3) is 1.00. The van der Waals surface area contributed by atoms with Crippen molar-refractivity contribution < 1.29 is 8.42 Å². The Morgan fingerprint density at radius 2 is 1.15 bits per heavy atom. The first kappa shape index (κ1) is 14.9. The minimum Gasteiger partial charge on any atom is -0.224 e. The Balaban J connectivity index is 5.23. The highest BCUT2D eigenvalue weighted by molar-refractivity contribution is 9.31. The van der Waals surface area contributed by atoms with E-state index in [0.29, 0.717) is 12.8 Å². The lowest BCUT2D eigenvalue weighted by Crippen LogP contribution is -2.37. The van der Waals surface area contributed by atoms with Gasteiger partial charge in [0.1, 0.15) is 0 Å². The Kier molecular flexibility index (Phi) is 5.49. The molecule has 2 nitrogen and oxygen atoms in total. The van der Waals surface area contributed by atoms with Gasteiger partial charge in [0.05, 0.1) is 0 Å². The Morgan fingerprint density at radius 3 is 1.31 bits per heavy atom. The molecule has 0 N–H and O–H groups in total. The third-order valence-electron chi connectivity index (χ3n) is 1.61. The molecular formula is C6H10Br4O2S. The van der Waals surface area contributed by atoms with Gasteiger partial charge < -0.3 is 0 Å². The molecule has 0 saturated heterocycles. The highest BCUT2D eigenvalue weighted by Crippen LogP contribution is 2.49. The summed E-state index contributed by atoms with van der Waals surface area (Å²) in [5.74, 6) is 0. The second-order valence-corrected chi connectivity index (χ2v) is 14.5. The Hall–Kier alpha value is 1.87. The summed E-state index contributed by atoms with van der Waals surface area (Å²) in [6.45, 7) is 3.57. The summed E-state index contributed by atoms with van der Waals surface area (Å²) in [5.41, 5.74) is 0. The number of halogens is 4. The highest BCUT2D eigenvalue weighted by atomic mass is 79.9. The SMILES string of the molecule is CCC(Br)(Br)S(=O)(=O)C(Br)(Br)CC. The molecule has 0 amide bonds. The second kappa shape index (κ2) is 4.80. The van der Waals surface area contributed by atoms with Crippen LogP contribution in [0.4, 0.5) is 0 Å². The van der Waals surface area contributed by atoms with Crippen LogP contribution in [-0.2, 0) is 9.84 Å². The van der Waals surface area contributed by atoms with E-state index in [1.165, 1.54) is 0 Å². The molecule has 13 heavy (non-hydrogen) atoms. The summed E-state index contributed by atoms with van der Waals surface area (Å²) < 4.78 is 21.8. The number of sulfone groups is 1. The van der Waals surface area contributed by atoms with Crippen molar-refractivity contribution in [1.82, 2.24) is 0 Å². The highest BCUT2D eigenvalue weighted by Gasteiger charge is 2.49. The Labute approximate surface area is 113 Å². The van der Waals surface area contributed by atoms with Crippen LogP contribution >= 0.6 is 63.7 Å². The summed E-state index contributed by atoms with van der Waals surface area (Å²) in [7, 11) is -3.37. The molecule has 0 aromatic carbocycles. The maximum absolute atomic E-state index is 11.9. The average Bonchev–Trinajstić information content (AvgIpc) is 2.03. The van der Waals surface area contributed by atoms with E-state index in [9.17, 15) is 8.42 Å². The first-order valence-corrected chi connectivity index (χ1v) is 8.27. The average molecular weight is 466 g/mol. The van der Waals surface area contributed by atoms with Crippen molar-refractivity contribution in [3.63, 3.8) is 0 Å². The summed E-state index contributed by atoms with van der Waals surface area (Å²) in [4.78, 5) is 0. The molecule has 0 aromatic heterocycles. The quantitative estimate of drug-likeness (QED) is 0.586. The van der Waals surface area contributed by atoms with Gasteiger partial charge in [0.15, 0.2) is 5.13 Å². The van der Waals surface area contributed by atoms with Gasteiger partial charge in [-0.05, 0) is 12.8 Å². The van der Waals surface area contributed by atoms with Crippen molar-refractivity contribution in [2.75, 3.05) is 0 Å². The molecule has 0 rings (SSSR count). The fourth-order valence-corrected chi connectivity index (χ4v) is 7.72. The molecule has 0 aliphatic heterocycles. The largest absolute Gasteiger partial charge is 0.224 e. The molecule has 0 heterocycles. The Bertz CT molecular complexity index is 248. The van der Waals surface area contributed by atoms with Crippen molar-refractivity contribution in [3.8, 4) is 0 Å². The smallest absolute Gasteiger partial charge is 0.201 e. The lowest BCUT2D eigenvalue weighted by atomic mass is 10.6. The van der Waals surface area contributed by atoms with Crippen LogP contribution < -0.4 is 0 Å². The zero-order valence-electron chi connectivity index (χ0n) is 7.15. The third kappa shape index (κ3) is 2.92. The van der Waals surface area contributed by atoms with E-state index in [1.54, 1.807) is 13.8 Å². The molecule has 0 aliphatic carbocycles. The van der Waals surface area contributed by atoms with E-state index in [0.717, 1.165) is 0 Å². The molecule has 0 aromatic rings. The van der Waals surface area contributed by atoms with Crippen LogP contribution in [0.1, 0.15) is 26.7 Å². The van der Waals surface area contributed by atoms with Gasteiger partial charge >= 0.3 is 0 Å². The van der Waals surface area contributed by atoms with E-state index in [4.69, 9.17) is 0 Å². The zero-order chi connectivity index (χ0) is 10.9. The number of hydrogen-bond donors (Lipinski definition) is 0. The van der Waals surface area contributed by atoms with Gasteiger partial charge in [-0.2, -0.15) is 0 Å². The monoisotopic (exact) mass is 462 g/mol. The summed E-state index contributed by atoms with van der Waals surface area (Å²) in [6.07, 6.45) is 0.878. The van der Waals surface area contributed by atoms with E-state index >= 15 is 0 Å². The van der Waals surface area contributed by atoms with Crippen LogP contribution in [0.3, 0.4) is 0 Å². The van der Waals surface area contributed by atoms with E-state index in [1.807, 2.05) is 0 Å². The van der Waals surface area contributed by atoms with Gasteiger partial charge in [-0.1, -0.05) is 77.6 Å². The molecule has 0 radical (unpaired) electrons. The molecular weight excluding hydrogens is 456 g/mol. The van der Waals surface area contributed by atoms with Crippen molar-refractivity contribution >= 4 is 73.6 Å². The van der Waals surface area contributed by atoms with Gasteiger partial charge in [-0.25, -0.2) is 8.42 Å². The maximum atomic E-state index is 11.9. The van der Waals surface area contributed by atoms with Crippen LogP contribution in [0.5, 0.6) is 0 Å². The minimum absolute atomic E-state index is 0.439. The normalized spacial score (nSPS) is 14.6. The first-order chi connectivity index (χ1) is 5.62. The predicted molar refractivity (Wildman–Crippen MR) is 70.7 cm³/mol. The van der Waals surface area contributed by atoms with Crippen molar-refractivity contribution in [2.24, 2.45) is 0 Å². The lowest BCUT2D eigenvalue weighted by Gasteiger charge is -2.27. The van der Waals surface area contributed by atoms with Crippen molar-refractivity contribution in [2.45, 2.75) is 31.8 Å². The van der Waals surface area contributed by atoms with Crippen LogP contribution in [-0.4, -0.2) is 13.5 Å². The maximum Gasteiger partial charge on any atom is 0.201 e. The molecule has 80 valence electrons. The molecule has 0 bridgehead atoms. The van der Waals surface area contributed by atoms with Gasteiger partial charge in [0, 0.05) is 0 Å². The van der Waals surface area contributed by atoms with Crippen molar-refractivity contribution in [1.29, 1.82) is 0 Å². The van der Waals surface area contributed by atoms with Gasteiger partial charge in [-0.15, -0.1) is 0 Å². The second-order valence-electron chi connectivity index (χ2n) is 2.49. The van der Waals surface area contributed by atoms with Crippen LogP contribution in [0.2, 0.25) is 0 Å². The predicted octanol–water partition coefficient (Wildman–Crippen LogP) is 4.11. The summed E-state index contributed by atoms with van der Waals surface area (Å²) in [6, 6.07) is 0. The molecule has 0 spiro atoms. The van der Waals surface area contributed by atoms with E-state index in [2.05, 4.69) is 63.7 Å². The van der Waals surface area contributed by atoms with Gasteiger partial charge in [0.25, 0.3) is 0 Å². The van der Waals surface area contributed by atoms with Gasteiger partial charge in [-0.3, -0.25) is 0 Å². The number of rotatable bonds is 4. The standard InChI is InChI=1S/C6H10Br4O2S/c1-3-5(7,8)13(11,12)6(9,10)4-2/h3-4H2,1-2H3. The molecule has 0 aliphatic rings. The van der Waals surface area contributed by atoms with Crippen molar-refractivity contribution in [3.05, 3.63) is 0 Å². The molecule has 0 unspecified atom stereocenters. The minimum atomic E-state index is -3.37. The number of hydrogen-bond acceptors (Lipinski definition) is 2.